The van der Waals surface area contributed by atoms with Gasteiger partial charge in [-0.2, -0.15) is 5.10 Å². The van der Waals surface area contributed by atoms with Crippen LogP contribution in [0, 0.1) is 0 Å². The van der Waals surface area contributed by atoms with Crippen LogP contribution in [0.25, 0.3) is 0 Å². The largest absolute Gasteiger partial charge is 0.422 e. The number of hydrogen-bond donors (Lipinski definition) is 2. The molecule has 0 fully saturated rings. The van der Waals surface area contributed by atoms with Gasteiger partial charge in [-0.1, -0.05) is 27.5 Å². The van der Waals surface area contributed by atoms with Gasteiger partial charge in [-0.05, 0) is 61.6 Å². The van der Waals surface area contributed by atoms with Gasteiger partial charge >= 0.3 is 5.97 Å². The molecule has 0 aromatic heterocycles. The molecule has 8 heteroatoms. The highest BCUT2D eigenvalue weighted by Gasteiger charge is 2.11. The van der Waals surface area contributed by atoms with Crippen LogP contribution in [0.15, 0.2) is 52.0 Å². The molecule has 0 aliphatic heterocycles. The first kappa shape index (κ1) is 19.4. The Morgan fingerprint density at radius 2 is 2.04 bits per heavy atom. The van der Waals surface area contributed by atoms with E-state index in [-0.39, 0.29) is 0 Å². The van der Waals surface area contributed by atoms with Gasteiger partial charge in [0.05, 0.1) is 11.8 Å². The number of carbonyl (C=O) groups excluding carboxylic acids is 1. The van der Waals surface area contributed by atoms with Gasteiger partial charge in [0.2, 0.25) is 0 Å². The minimum atomic E-state index is -0.482. The van der Waals surface area contributed by atoms with Crippen LogP contribution in [-0.2, 0) is 0 Å². The molecular formula is C17H15BrClN3O2S. The first-order chi connectivity index (χ1) is 12.0. The summed E-state index contributed by atoms with van der Waals surface area (Å²) in [6.45, 7) is 2.63. The number of hydrazone groups is 1. The predicted molar refractivity (Wildman–Crippen MR) is 108 cm³/mol. The molecule has 2 N–H and O–H groups in total. The van der Waals surface area contributed by atoms with Gasteiger partial charge < -0.3 is 10.1 Å². The Hall–Kier alpha value is -1.96. The third-order valence-corrected chi connectivity index (χ3v) is 3.94. The van der Waals surface area contributed by atoms with Crippen molar-refractivity contribution in [1.82, 2.24) is 10.7 Å². The van der Waals surface area contributed by atoms with E-state index in [1.165, 1.54) is 6.21 Å². The van der Waals surface area contributed by atoms with E-state index in [9.17, 15) is 4.79 Å². The standard InChI is InChI=1S/C17H15BrClN3O2S/c1-2-20-17(25)22-21-10-12-9-13(18)5-8-15(12)24-16(23)11-3-6-14(19)7-4-11/h3-10H,2H2,1H3,(H2,20,22,25)/b21-10+. The number of carbonyl (C=O) groups is 1. The Balaban J connectivity index is 2.14. The highest BCUT2D eigenvalue weighted by atomic mass is 79.9. The zero-order valence-corrected chi connectivity index (χ0v) is 16.4. The maximum atomic E-state index is 12.3. The number of rotatable bonds is 5. The molecule has 0 amide bonds. The lowest BCUT2D eigenvalue weighted by Gasteiger charge is -2.08. The second-order valence-electron chi connectivity index (χ2n) is 4.81. The van der Waals surface area contributed by atoms with Gasteiger partial charge in [-0.3, -0.25) is 5.43 Å². The van der Waals surface area contributed by atoms with Gasteiger partial charge in [0.25, 0.3) is 0 Å². The van der Waals surface area contributed by atoms with Crippen LogP contribution >= 0.6 is 39.7 Å². The third-order valence-electron chi connectivity index (χ3n) is 2.96. The van der Waals surface area contributed by atoms with Crippen LogP contribution in [0.5, 0.6) is 5.75 Å². The SMILES string of the molecule is CCNC(=S)N/N=C/c1cc(Br)ccc1OC(=O)c1ccc(Cl)cc1. The molecule has 2 aromatic carbocycles. The molecule has 2 aromatic rings. The number of nitrogens with one attached hydrogen (secondary N) is 2. The second-order valence-corrected chi connectivity index (χ2v) is 6.57. The van der Waals surface area contributed by atoms with Gasteiger partial charge in [-0.15, -0.1) is 0 Å². The van der Waals surface area contributed by atoms with E-state index in [1.807, 2.05) is 6.92 Å². The molecule has 0 spiro atoms. The van der Waals surface area contributed by atoms with Crippen LogP contribution in [0.2, 0.25) is 5.02 Å². The van der Waals surface area contributed by atoms with Crippen molar-refractivity contribution in [2.24, 2.45) is 5.10 Å². The lowest BCUT2D eigenvalue weighted by atomic mass is 10.2. The van der Waals surface area contributed by atoms with E-state index in [2.05, 4.69) is 31.8 Å². The maximum Gasteiger partial charge on any atom is 0.343 e. The van der Waals surface area contributed by atoms with Crippen LogP contribution in [-0.4, -0.2) is 23.8 Å². The average Bonchev–Trinajstić information content (AvgIpc) is 2.58. The molecule has 0 saturated heterocycles. The zero-order chi connectivity index (χ0) is 18.2. The summed E-state index contributed by atoms with van der Waals surface area (Å²) in [7, 11) is 0. The number of hydrogen-bond acceptors (Lipinski definition) is 4. The molecule has 0 atom stereocenters. The average molecular weight is 441 g/mol. The van der Waals surface area contributed by atoms with Crippen molar-refractivity contribution in [3.63, 3.8) is 0 Å². The van der Waals surface area contributed by atoms with Crippen LogP contribution < -0.4 is 15.5 Å². The van der Waals surface area contributed by atoms with Gasteiger partial charge in [-0.25, -0.2) is 4.79 Å². The molecule has 0 radical (unpaired) electrons. The minimum absolute atomic E-state index is 0.378. The van der Waals surface area contributed by atoms with E-state index < -0.39 is 5.97 Å². The molecule has 5 nitrogen and oxygen atoms in total. The van der Waals surface area contributed by atoms with E-state index in [1.54, 1.807) is 42.5 Å². The quantitative estimate of drug-likeness (QED) is 0.240. The van der Waals surface area contributed by atoms with Crippen molar-refractivity contribution in [3.05, 3.63) is 63.1 Å². The lowest BCUT2D eigenvalue weighted by molar-refractivity contribution is 0.0734. The minimum Gasteiger partial charge on any atom is -0.422 e. The fourth-order valence-electron chi connectivity index (χ4n) is 1.82. The number of ether oxygens (including phenoxy) is 1. The molecule has 0 aliphatic carbocycles. The van der Waals surface area contributed by atoms with Gasteiger partial charge in [0, 0.05) is 21.6 Å². The summed E-state index contributed by atoms with van der Waals surface area (Å²) in [4.78, 5) is 12.3. The third kappa shape index (κ3) is 6.12. The summed E-state index contributed by atoms with van der Waals surface area (Å²) in [5, 5.41) is 7.92. The normalized spacial score (nSPS) is 10.5. The Kier molecular flexibility index (Phi) is 7.36. The first-order valence-electron chi connectivity index (χ1n) is 7.34. The highest BCUT2D eigenvalue weighted by Crippen LogP contribution is 2.23. The van der Waals surface area contributed by atoms with Crippen LogP contribution in [0.1, 0.15) is 22.8 Å². The number of benzene rings is 2. The Morgan fingerprint density at radius 1 is 1.32 bits per heavy atom. The molecular weight excluding hydrogens is 426 g/mol. The maximum absolute atomic E-state index is 12.3. The zero-order valence-electron chi connectivity index (χ0n) is 13.3. The highest BCUT2D eigenvalue weighted by molar-refractivity contribution is 9.10. The molecule has 0 unspecified atom stereocenters. The summed E-state index contributed by atoms with van der Waals surface area (Å²) in [5.41, 5.74) is 3.71. The van der Waals surface area contributed by atoms with E-state index in [0.717, 1.165) is 4.47 Å². The van der Waals surface area contributed by atoms with Gasteiger partial charge in [0.1, 0.15) is 5.75 Å². The summed E-state index contributed by atoms with van der Waals surface area (Å²) >= 11 is 14.2. The van der Waals surface area contributed by atoms with Crippen molar-refractivity contribution < 1.29 is 9.53 Å². The Morgan fingerprint density at radius 3 is 2.72 bits per heavy atom. The predicted octanol–water partition coefficient (Wildman–Crippen LogP) is 4.14. The number of esters is 1. The molecule has 0 saturated carbocycles. The number of halogens is 2. The smallest absolute Gasteiger partial charge is 0.343 e. The molecule has 2 rings (SSSR count). The fraction of sp³-hybridized carbons (Fsp3) is 0.118. The van der Waals surface area contributed by atoms with E-state index >= 15 is 0 Å². The van der Waals surface area contributed by atoms with E-state index in [4.69, 9.17) is 28.6 Å². The fourth-order valence-corrected chi connectivity index (χ4v) is 2.52. The van der Waals surface area contributed by atoms with Crippen molar-refractivity contribution in [2.75, 3.05) is 6.54 Å². The van der Waals surface area contributed by atoms with Crippen molar-refractivity contribution in [2.45, 2.75) is 6.92 Å². The monoisotopic (exact) mass is 439 g/mol. The number of nitrogens with zero attached hydrogens (tertiary/aromatic N) is 1. The van der Waals surface area contributed by atoms with Gasteiger partial charge in [0.15, 0.2) is 5.11 Å². The molecule has 0 bridgehead atoms. The molecule has 0 heterocycles. The Labute approximate surface area is 164 Å². The van der Waals surface area contributed by atoms with Crippen molar-refractivity contribution in [1.29, 1.82) is 0 Å². The summed E-state index contributed by atoms with van der Waals surface area (Å²) in [6.07, 6.45) is 1.53. The summed E-state index contributed by atoms with van der Waals surface area (Å²) in [6, 6.07) is 11.7. The van der Waals surface area contributed by atoms with Crippen molar-refractivity contribution in [3.8, 4) is 5.75 Å². The first-order valence-corrected chi connectivity index (χ1v) is 8.91. The molecule has 25 heavy (non-hydrogen) atoms. The summed E-state index contributed by atoms with van der Waals surface area (Å²) in [5.74, 6) is -0.104. The summed E-state index contributed by atoms with van der Waals surface area (Å²) < 4.78 is 6.29. The molecule has 0 aliphatic rings. The van der Waals surface area contributed by atoms with Crippen molar-refractivity contribution >= 4 is 57.0 Å². The Bertz CT molecular complexity index is 797. The topological polar surface area (TPSA) is 62.7 Å². The van der Waals surface area contributed by atoms with Crippen LogP contribution in [0.3, 0.4) is 0 Å². The lowest BCUT2D eigenvalue weighted by Crippen LogP contribution is -2.31. The second kappa shape index (κ2) is 9.50. The molecule has 130 valence electrons. The number of thiocarbonyl (C=S) groups is 1. The van der Waals surface area contributed by atoms with Crippen LogP contribution in [0.4, 0.5) is 0 Å². The van der Waals surface area contributed by atoms with E-state index in [0.29, 0.717) is 33.6 Å².